The van der Waals surface area contributed by atoms with E-state index in [4.69, 9.17) is 15.8 Å². The predicted molar refractivity (Wildman–Crippen MR) is 55.4 cm³/mol. The molecule has 0 aliphatic rings. The Balaban J connectivity index is 3.40. The highest BCUT2D eigenvalue weighted by Crippen LogP contribution is 2.32. The van der Waals surface area contributed by atoms with Gasteiger partial charge in [-0.2, -0.15) is 29.0 Å². The van der Waals surface area contributed by atoms with Gasteiger partial charge in [0.2, 0.25) is 0 Å². The molecule has 0 aromatic heterocycles. The van der Waals surface area contributed by atoms with Crippen LogP contribution in [0.4, 0.5) is 13.2 Å². The number of hydrogen-bond acceptors (Lipinski definition) is 3. The summed E-state index contributed by atoms with van der Waals surface area (Å²) in [6, 6.07) is 7.49. The molecule has 88 valence electrons. The fraction of sp³-hybridized carbons (Fsp3) is 0.0833. The number of hydrogen-bond donors (Lipinski definition) is 0. The lowest BCUT2D eigenvalue weighted by molar-refractivity contribution is -0.137. The van der Waals surface area contributed by atoms with E-state index in [9.17, 15) is 13.2 Å². The molecule has 3 nitrogen and oxygen atoms in total. The van der Waals surface area contributed by atoms with Crippen LogP contribution in [0.5, 0.6) is 0 Å². The number of allylic oxidation sites excluding steroid dienone is 1. The molecule has 18 heavy (non-hydrogen) atoms. The highest BCUT2D eigenvalue weighted by atomic mass is 19.4. The molecule has 0 radical (unpaired) electrons. The highest BCUT2D eigenvalue weighted by molar-refractivity contribution is 5.63. The second-order valence-corrected chi connectivity index (χ2v) is 3.20. The zero-order chi connectivity index (χ0) is 13.8. The Labute approximate surface area is 101 Å². The van der Waals surface area contributed by atoms with Gasteiger partial charge in [-0.1, -0.05) is 6.07 Å². The van der Waals surface area contributed by atoms with E-state index in [1.807, 2.05) is 0 Å². The van der Waals surface area contributed by atoms with Crippen LogP contribution in [0.15, 0.2) is 23.8 Å². The van der Waals surface area contributed by atoms with E-state index in [0.717, 1.165) is 18.2 Å². The van der Waals surface area contributed by atoms with Crippen LogP contribution in [-0.4, -0.2) is 0 Å². The summed E-state index contributed by atoms with van der Waals surface area (Å²) in [6.45, 7) is 0. The highest BCUT2D eigenvalue weighted by Gasteiger charge is 2.33. The van der Waals surface area contributed by atoms with Crippen molar-refractivity contribution in [1.82, 2.24) is 0 Å². The second kappa shape index (κ2) is 5.03. The van der Waals surface area contributed by atoms with Crippen LogP contribution in [0.3, 0.4) is 0 Å². The molecule has 0 saturated heterocycles. The van der Waals surface area contributed by atoms with Gasteiger partial charge in [-0.15, -0.1) is 0 Å². The number of halogens is 3. The fourth-order valence-electron chi connectivity index (χ4n) is 1.24. The first-order valence-electron chi connectivity index (χ1n) is 4.55. The minimum absolute atomic E-state index is 0.0411. The minimum Gasteiger partial charge on any atom is -0.192 e. The average molecular weight is 247 g/mol. The SMILES string of the molecule is N#CC(C#N)=Cc1ccc(C#N)c(C(F)(F)F)c1. The zero-order valence-corrected chi connectivity index (χ0v) is 8.78. The molecule has 1 rings (SSSR count). The van der Waals surface area contributed by atoms with Crippen molar-refractivity contribution in [2.45, 2.75) is 6.18 Å². The summed E-state index contributed by atoms with van der Waals surface area (Å²) in [5, 5.41) is 25.6. The van der Waals surface area contributed by atoms with Crippen LogP contribution in [0.25, 0.3) is 6.08 Å². The predicted octanol–water partition coefficient (Wildman–Crippen LogP) is 3.01. The van der Waals surface area contributed by atoms with E-state index >= 15 is 0 Å². The quantitative estimate of drug-likeness (QED) is 0.716. The molecule has 1 aromatic carbocycles. The van der Waals surface area contributed by atoms with Crippen molar-refractivity contribution in [3.63, 3.8) is 0 Å². The molecule has 0 spiro atoms. The lowest BCUT2D eigenvalue weighted by atomic mass is 10.0. The lowest BCUT2D eigenvalue weighted by Crippen LogP contribution is -2.08. The average Bonchev–Trinajstić information content (AvgIpc) is 2.34. The maximum atomic E-state index is 12.6. The van der Waals surface area contributed by atoms with Crippen molar-refractivity contribution in [2.75, 3.05) is 0 Å². The Hall–Kier alpha value is -2.78. The lowest BCUT2D eigenvalue weighted by Gasteiger charge is -2.09. The van der Waals surface area contributed by atoms with E-state index in [2.05, 4.69) is 0 Å². The standard InChI is InChI=1S/C12H4F3N3/c13-12(14,15)11-4-8(1-2-10(11)7-18)3-9(5-16)6-17/h1-4H. The molecule has 0 bridgehead atoms. The summed E-state index contributed by atoms with van der Waals surface area (Å²) >= 11 is 0. The van der Waals surface area contributed by atoms with Crippen molar-refractivity contribution in [3.8, 4) is 18.2 Å². The number of nitrogens with zero attached hydrogens (tertiary/aromatic N) is 3. The summed E-state index contributed by atoms with van der Waals surface area (Å²) < 4.78 is 37.8. The molecule has 1 aromatic rings. The van der Waals surface area contributed by atoms with Gasteiger partial charge in [-0.25, -0.2) is 0 Å². The van der Waals surface area contributed by atoms with Crippen LogP contribution in [0, 0.1) is 34.0 Å². The molecular weight excluding hydrogens is 243 g/mol. The van der Waals surface area contributed by atoms with Crippen LogP contribution < -0.4 is 0 Å². The van der Waals surface area contributed by atoms with Gasteiger partial charge < -0.3 is 0 Å². The van der Waals surface area contributed by atoms with E-state index < -0.39 is 17.3 Å². The van der Waals surface area contributed by atoms with E-state index in [0.29, 0.717) is 0 Å². The molecule has 6 heteroatoms. The van der Waals surface area contributed by atoms with E-state index in [-0.39, 0.29) is 11.1 Å². The van der Waals surface area contributed by atoms with Crippen LogP contribution in [-0.2, 0) is 6.18 Å². The Morgan fingerprint density at radius 3 is 2.17 bits per heavy atom. The third-order valence-corrected chi connectivity index (χ3v) is 2.02. The number of rotatable bonds is 1. The van der Waals surface area contributed by atoms with Gasteiger partial charge >= 0.3 is 6.18 Å². The Morgan fingerprint density at radius 2 is 1.72 bits per heavy atom. The maximum Gasteiger partial charge on any atom is 0.417 e. The van der Waals surface area contributed by atoms with Crippen molar-refractivity contribution >= 4 is 6.08 Å². The molecule has 0 aliphatic heterocycles. The van der Waals surface area contributed by atoms with Gasteiger partial charge in [0.1, 0.15) is 17.7 Å². The maximum absolute atomic E-state index is 12.6. The summed E-state index contributed by atoms with van der Waals surface area (Å²) in [5.74, 6) is 0. The van der Waals surface area contributed by atoms with Gasteiger partial charge in [0, 0.05) is 0 Å². The largest absolute Gasteiger partial charge is 0.417 e. The zero-order valence-electron chi connectivity index (χ0n) is 8.78. The van der Waals surface area contributed by atoms with E-state index in [1.165, 1.54) is 12.1 Å². The Bertz CT molecular complexity index is 606. The molecule has 0 N–H and O–H groups in total. The van der Waals surface area contributed by atoms with Crippen molar-refractivity contribution in [1.29, 1.82) is 15.8 Å². The van der Waals surface area contributed by atoms with E-state index in [1.54, 1.807) is 12.1 Å². The molecule has 0 fully saturated rings. The van der Waals surface area contributed by atoms with Gasteiger partial charge in [0.25, 0.3) is 0 Å². The number of benzene rings is 1. The summed E-state index contributed by atoms with van der Waals surface area (Å²) in [7, 11) is 0. The van der Waals surface area contributed by atoms with Gasteiger partial charge in [0.05, 0.1) is 17.2 Å². The smallest absolute Gasteiger partial charge is 0.192 e. The molecule has 0 amide bonds. The minimum atomic E-state index is -4.66. The van der Waals surface area contributed by atoms with Crippen LogP contribution >= 0.6 is 0 Å². The normalized spacial score (nSPS) is 9.78. The van der Waals surface area contributed by atoms with Crippen molar-refractivity contribution in [2.24, 2.45) is 0 Å². The van der Waals surface area contributed by atoms with Gasteiger partial charge in [0.15, 0.2) is 0 Å². The summed E-state index contributed by atoms with van der Waals surface area (Å²) in [4.78, 5) is 0. The third kappa shape index (κ3) is 2.87. The van der Waals surface area contributed by atoms with Gasteiger partial charge in [-0.3, -0.25) is 0 Å². The Morgan fingerprint density at radius 1 is 1.11 bits per heavy atom. The Kier molecular flexibility index (Phi) is 3.72. The van der Waals surface area contributed by atoms with Crippen LogP contribution in [0.1, 0.15) is 16.7 Å². The topological polar surface area (TPSA) is 71.4 Å². The first kappa shape index (κ1) is 13.3. The molecule has 0 heterocycles. The molecule has 0 unspecified atom stereocenters. The second-order valence-electron chi connectivity index (χ2n) is 3.20. The molecule has 0 aliphatic carbocycles. The fourth-order valence-corrected chi connectivity index (χ4v) is 1.24. The first-order valence-corrected chi connectivity index (χ1v) is 4.55. The van der Waals surface area contributed by atoms with Gasteiger partial charge in [-0.05, 0) is 23.8 Å². The first-order chi connectivity index (χ1) is 8.42. The van der Waals surface area contributed by atoms with Crippen LogP contribution in [0.2, 0.25) is 0 Å². The molecular formula is C12H4F3N3. The third-order valence-electron chi connectivity index (χ3n) is 2.02. The monoisotopic (exact) mass is 247 g/mol. The molecule has 0 atom stereocenters. The van der Waals surface area contributed by atoms with Crippen molar-refractivity contribution < 1.29 is 13.2 Å². The summed E-state index contributed by atoms with van der Waals surface area (Å²) in [5.41, 5.74) is -1.86. The number of nitriles is 3. The number of alkyl halides is 3. The molecule has 0 saturated carbocycles. The van der Waals surface area contributed by atoms with Crippen molar-refractivity contribution in [3.05, 3.63) is 40.5 Å². The summed E-state index contributed by atoms with van der Waals surface area (Å²) in [6.07, 6.45) is -3.63.